The van der Waals surface area contributed by atoms with E-state index < -0.39 is 11.8 Å². The van der Waals surface area contributed by atoms with Crippen LogP contribution >= 0.6 is 46.6 Å². The molecule has 4 rings (SSSR count). The first-order valence-corrected chi connectivity index (χ1v) is 14.9. The van der Waals surface area contributed by atoms with Crippen LogP contribution in [0.1, 0.15) is 29.3 Å². The highest BCUT2D eigenvalue weighted by Gasteiger charge is 2.20. The number of hydrogen-bond acceptors (Lipinski definition) is 4. The Labute approximate surface area is 263 Å². The van der Waals surface area contributed by atoms with Gasteiger partial charge in [-0.25, -0.2) is 0 Å². The monoisotopic (exact) mass is 637 g/mol. The molecule has 4 aromatic carbocycles. The number of anilines is 2. The molecule has 1 atom stereocenters. The van der Waals surface area contributed by atoms with Gasteiger partial charge in [0.1, 0.15) is 5.70 Å². The summed E-state index contributed by atoms with van der Waals surface area (Å²) in [6.45, 7) is 1.93. The molecule has 0 aliphatic rings. The van der Waals surface area contributed by atoms with Crippen LogP contribution in [0.15, 0.2) is 108 Å². The first-order chi connectivity index (χ1) is 20.2. The highest BCUT2D eigenvalue weighted by atomic mass is 35.5. The molecule has 0 spiro atoms. The minimum atomic E-state index is -0.565. The van der Waals surface area contributed by atoms with Gasteiger partial charge in [0.25, 0.3) is 11.8 Å². The summed E-state index contributed by atoms with van der Waals surface area (Å²) in [7, 11) is 0. The molecule has 6 nitrogen and oxygen atoms in total. The van der Waals surface area contributed by atoms with Crippen LogP contribution in [0.4, 0.5) is 11.4 Å². The van der Waals surface area contributed by atoms with Gasteiger partial charge in [-0.3, -0.25) is 14.4 Å². The fourth-order valence-electron chi connectivity index (χ4n) is 3.82. The third-order valence-corrected chi connectivity index (χ3v) is 8.40. The lowest BCUT2D eigenvalue weighted by molar-refractivity contribution is -0.116. The van der Waals surface area contributed by atoms with Gasteiger partial charge < -0.3 is 16.0 Å². The Morgan fingerprint density at radius 3 is 2.24 bits per heavy atom. The zero-order valence-electron chi connectivity index (χ0n) is 22.4. The van der Waals surface area contributed by atoms with Crippen molar-refractivity contribution in [1.82, 2.24) is 5.32 Å². The normalized spacial score (nSPS) is 11.9. The lowest BCUT2D eigenvalue weighted by atomic mass is 10.1. The number of amides is 3. The van der Waals surface area contributed by atoms with Gasteiger partial charge in [0.05, 0.1) is 15.3 Å². The quantitative estimate of drug-likeness (QED) is 0.120. The van der Waals surface area contributed by atoms with Gasteiger partial charge in [-0.1, -0.05) is 78.1 Å². The molecule has 3 N–H and O–H groups in total. The fourth-order valence-corrected chi connectivity index (χ4v) is 5.32. The molecule has 0 aliphatic heterocycles. The Morgan fingerprint density at radius 1 is 0.810 bits per heavy atom. The summed E-state index contributed by atoms with van der Waals surface area (Å²) < 4.78 is 0. The highest BCUT2D eigenvalue weighted by molar-refractivity contribution is 8.00. The van der Waals surface area contributed by atoms with Crippen molar-refractivity contribution in [3.8, 4) is 0 Å². The highest BCUT2D eigenvalue weighted by Crippen LogP contribution is 2.30. The van der Waals surface area contributed by atoms with E-state index in [9.17, 15) is 14.4 Å². The molecular weight excluding hydrogens is 613 g/mol. The van der Waals surface area contributed by atoms with Crippen molar-refractivity contribution in [1.29, 1.82) is 0 Å². The summed E-state index contributed by atoms with van der Waals surface area (Å²) in [5.41, 5.74) is 1.95. The van der Waals surface area contributed by atoms with Gasteiger partial charge in [-0.2, -0.15) is 0 Å². The topological polar surface area (TPSA) is 87.3 Å². The third kappa shape index (κ3) is 8.63. The van der Waals surface area contributed by atoms with Gasteiger partial charge >= 0.3 is 0 Å². The van der Waals surface area contributed by atoms with E-state index in [0.29, 0.717) is 39.0 Å². The summed E-state index contributed by atoms with van der Waals surface area (Å²) in [6, 6.07) is 27.6. The maximum atomic E-state index is 13.5. The van der Waals surface area contributed by atoms with Crippen molar-refractivity contribution >= 4 is 81.7 Å². The van der Waals surface area contributed by atoms with Crippen LogP contribution in [0.2, 0.25) is 15.1 Å². The summed E-state index contributed by atoms with van der Waals surface area (Å²) in [4.78, 5) is 40.1. The second-order valence-electron chi connectivity index (χ2n) is 9.01. The predicted octanol–water partition coefficient (Wildman–Crippen LogP) is 8.57. The number of carbonyl (C=O) groups is 3. The summed E-state index contributed by atoms with van der Waals surface area (Å²) >= 11 is 19.8. The summed E-state index contributed by atoms with van der Waals surface area (Å²) in [5, 5.41) is 9.20. The molecule has 1 unspecified atom stereocenters. The van der Waals surface area contributed by atoms with E-state index in [0.717, 1.165) is 4.90 Å². The Bertz CT molecular complexity index is 1610. The number of halogens is 3. The minimum Gasteiger partial charge on any atom is -0.325 e. The maximum absolute atomic E-state index is 13.5. The van der Waals surface area contributed by atoms with E-state index >= 15 is 0 Å². The van der Waals surface area contributed by atoms with E-state index in [4.69, 9.17) is 34.8 Å². The van der Waals surface area contributed by atoms with E-state index in [1.165, 1.54) is 17.8 Å². The van der Waals surface area contributed by atoms with Crippen LogP contribution in [-0.4, -0.2) is 23.0 Å². The molecule has 0 aliphatic carbocycles. The van der Waals surface area contributed by atoms with Crippen LogP contribution in [0.3, 0.4) is 0 Å². The second kappa shape index (κ2) is 14.9. The largest absolute Gasteiger partial charge is 0.325 e. The minimum absolute atomic E-state index is 0.0279. The number of nitrogens with one attached hydrogen (secondary N) is 3. The Balaban J connectivity index is 1.52. The van der Waals surface area contributed by atoms with E-state index in [2.05, 4.69) is 16.0 Å². The lowest BCUT2D eigenvalue weighted by Gasteiger charge is -2.16. The molecular formula is C32H26Cl3N3O3S. The molecule has 0 radical (unpaired) electrons. The van der Waals surface area contributed by atoms with Gasteiger partial charge in [0, 0.05) is 26.9 Å². The van der Waals surface area contributed by atoms with E-state index in [1.807, 2.05) is 13.0 Å². The van der Waals surface area contributed by atoms with Crippen molar-refractivity contribution in [2.75, 3.05) is 10.6 Å². The van der Waals surface area contributed by atoms with Crippen molar-refractivity contribution in [2.45, 2.75) is 23.5 Å². The molecule has 4 aromatic rings. The molecule has 10 heteroatoms. The number of benzene rings is 4. The number of carbonyl (C=O) groups excluding carboxylic acids is 3. The number of thioether (sulfide) groups is 1. The van der Waals surface area contributed by atoms with Gasteiger partial charge in [0.15, 0.2) is 0 Å². The fraction of sp³-hybridized carbons (Fsp3) is 0.0938. The average Bonchev–Trinajstić information content (AvgIpc) is 2.99. The Morgan fingerprint density at radius 2 is 1.52 bits per heavy atom. The molecule has 214 valence electrons. The predicted molar refractivity (Wildman–Crippen MR) is 173 cm³/mol. The number of rotatable bonds is 10. The molecule has 42 heavy (non-hydrogen) atoms. The van der Waals surface area contributed by atoms with Gasteiger partial charge in [0.2, 0.25) is 5.91 Å². The lowest BCUT2D eigenvalue weighted by Crippen LogP contribution is -2.30. The molecule has 0 aromatic heterocycles. The Kier molecular flexibility index (Phi) is 11.1. The van der Waals surface area contributed by atoms with Crippen molar-refractivity contribution in [3.05, 3.63) is 129 Å². The molecule has 0 saturated heterocycles. The molecule has 3 amide bonds. The smallest absolute Gasteiger partial charge is 0.272 e. The van der Waals surface area contributed by atoms with E-state index in [-0.39, 0.29) is 21.9 Å². The van der Waals surface area contributed by atoms with Crippen LogP contribution < -0.4 is 16.0 Å². The Hall–Kier alpha value is -3.75. The molecule has 0 fully saturated rings. The van der Waals surface area contributed by atoms with Gasteiger partial charge in [-0.05, 0) is 78.7 Å². The number of hydrogen-bond donors (Lipinski definition) is 3. The first kappa shape index (κ1) is 31.2. The van der Waals surface area contributed by atoms with Gasteiger partial charge in [-0.15, -0.1) is 11.8 Å². The van der Waals surface area contributed by atoms with Crippen LogP contribution in [0.5, 0.6) is 0 Å². The zero-order chi connectivity index (χ0) is 30.1. The third-order valence-electron chi connectivity index (χ3n) is 5.96. The van der Waals surface area contributed by atoms with E-state index in [1.54, 1.807) is 91.0 Å². The van der Waals surface area contributed by atoms with Crippen LogP contribution in [0.25, 0.3) is 6.08 Å². The maximum Gasteiger partial charge on any atom is 0.272 e. The van der Waals surface area contributed by atoms with Crippen molar-refractivity contribution in [3.63, 3.8) is 0 Å². The zero-order valence-corrected chi connectivity index (χ0v) is 25.5. The average molecular weight is 639 g/mol. The standard InChI is InChI=1S/C32H26Cl3N3O3S/c1-2-28(32(41)36-23-16-14-22(33)15-17-23)42-25-12-7-11-24(19-25)37-31(40)27(18-21-10-6-13-26(34)29(21)35)38-30(39)20-8-4-3-5-9-20/h3-19,28H,2H2,1H3,(H,36,41)(H,37,40)(H,38,39)/b27-18+. The molecule has 0 heterocycles. The molecule has 0 bridgehead atoms. The second-order valence-corrected chi connectivity index (χ2v) is 11.5. The van der Waals surface area contributed by atoms with Crippen molar-refractivity contribution in [2.24, 2.45) is 0 Å². The summed E-state index contributed by atoms with van der Waals surface area (Å²) in [5.74, 6) is -1.17. The van der Waals surface area contributed by atoms with Crippen molar-refractivity contribution < 1.29 is 14.4 Å². The summed E-state index contributed by atoms with van der Waals surface area (Å²) in [6.07, 6.45) is 2.05. The molecule has 0 saturated carbocycles. The van der Waals surface area contributed by atoms with Crippen LogP contribution in [-0.2, 0) is 9.59 Å². The first-order valence-electron chi connectivity index (χ1n) is 12.9. The van der Waals surface area contributed by atoms with Crippen LogP contribution in [0, 0.1) is 0 Å². The SMILES string of the molecule is CCC(Sc1cccc(NC(=O)/C(=C\c2cccc(Cl)c2Cl)NC(=O)c2ccccc2)c1)C(=O)Nc1ccc(Cl)cc1.